The van der Waals surface area contributed by atoms with Gasteiger partial charge in [0.15, 0.2) is 0 Å². The van der Waals surface area contributed by atoms with Crippen molar-refractivity contribution in [3.05, 3.63) is 95.1 Å². The molecular formula is C22H12N2O4. The van der Waals surface area contributed by atoms with E-state index in [9.17, 15) is 9.59 Å². The monoisotopic (exact) mass is 368 g/mol. The largest absolute Gasteiger partial charge is 0.422 e. The first-order valence-corrected chi connectivity index (χ1v) is 8.15. The van der Waals surface area contributed by atoms with E-state index < -0.39 is 11.9 Å². The van der Waals surface area contributed by atoms with E-state index in [-0.39, 0.29) is 33.8 Å². The van der Waals surface area contributed by atoms with Gasteiger partial charge in [-0.1, -0.05) is 24.3 Å². The summed E-state index contributed by atoms with van der Waals surface area (Å²) in [4.78, 5) is 24.5. The van der Waals surface area contributed by atoms with E-state index in [0.717, 1.165) is 0 Å². The number of nitriles is 2. The van der Waals surface area contributed by atoms with Crippen LogP contribution in [-0.2, 0) is 0 Å². The molecule has 0 aromatic heterocycles. The van der Waals surface area contributed by atoms with Gasteiger partial charge < -0.3 is 9.47 Å². The number of esters is 2. The molecule has 0 N–H and O–H groups in total. The van der Waals surface area contributed by atoms with E-state index in [4.69, 9.17) is 20.0 Å². The SMILES string of the molecule is N#Cc1ccccc1OC(=O)c1ccc(C(=O)Oc2ccccc2C#N)cc1. The molecule has 6 heteroatoms. The summed E-state index contributed by atoms with van der Waals surface area (Å²) < 4.78 is 10.5. The van der Waals surface area contributed by atoms with Crippen molar-refractivity contribution in [2.24, 2.45) is 0 Å². The molecule has 0 saturated heterocycles. The number of hydrogen-bond acceptors (Lipinski definition) is 6. The van der Waals surface area contributed by atoms with Gasteiger partial charge in [0.1, 0.15) is 23.6 Å². The van der Waals surface area contributed by atoms with E-state index in [1.54, 1.807) is 36.4 Å². The van der Waals surface area contributed by atoms with Crippen LogP contribution in [-0.4, -0.2) is 11.9 Å². The third-order valence-electron chi connectivity index (χ3n) is 3.78. The van der Waals surface area contributed by atoms with Gasteiger partial charge in [-0.05, 0) is 48.5 Å². The highest BCUT2D eigenvalue weighted by atomic mass is 16.5. The third-order valence-corrected chi connectivity index (χ3v) is 3.78. The molecule has 0 radical (unpaired) electrons. The number of carbonyl (C=O) groups is 2. The van der Waals surface area contributed by atoms with E-state index in [0.29, 0.717) is 0 Å². The highest BCUT2D eigenvalue weighted by Crippen LogP contribution is 2.20. The Labute approximate surface area is 160 Å². The summed E-state index contributed by atoms with van der Waals surface area (Å²) >= 11 is 0. The summed E-state index contributed by atoms with van der Waals surface area (Å²) in [6.45, 7) is 0. The summed E-state index contributed by atoms with van der Waals surface area (Å²) in [5.74, 6) is -0.993. The smallest absolute Gasteiger partial charge is 0.343 e. The van der Waals surface area contributed by atoms with E-state index in [1.807, 2.05) is 12.1 Å². The lowest BCUT2D eigenvalue weighted by molar-refractivity contribution is 0.0720. The lowest BCUT2D eigenvalue weighted by atomic mass is 10.1. The average molecular weight is 368 g/mol. The Morgan fingerprint density at radius 1 is 0.607 bits per heavy atom. The van der Waals surface area contributed by atoms with E-state index in [2.05, 4.69) is 0 Å². The Morgan fingerprint density at radius 2 is 0.964 bits per heavy atom. The summed E-state index contributed by atoms with van der Waals surface area (Å²) in [5, 5.41) is 18.1. The first-order chi connectivity index (χ1) is 13.6. The fourth-order valence-corrected chi connectivity index (χ4v) is 2.36. The summed E-state index contributed by atoms with van der Waals surface area (Å²) in [6.07, 6.45) is 0. The van der Waals surface area contributed by atoms with Crippen LogP contribution in [0.15, 0.2) is 72.8 Å². The quantitative estimate of drug-likeness (QED) is 0.512. The minimum atomic E-state index is -0.655. The molecular weight excluding hydrogens is 356 g/mol. The molecule has 0 saturated carbocycles. The molecule has 0 bridgehead atoms. The zero-order valence-electron chi connectivity index (χ0n) is 14.5. The van der Waals surface area contributed by atoms with Gasteiger partial charge in [0, 0.05) is 0 Å². The Balaban J connectivity index is 1.72. The number of hydrogen-bond donors (Lipinski definition) is 0. The first kappa shape index (κ1) is 18.4. The van der Waals surface area contributed by atoms with Gasteiger partial charge in [-0.25, -0.2) is 9.59 Å². The second-order valence-corrected chi connectivity index (χ2v) is 5.57. The molecule has 3 aromatic rings. The zero-order chi connectivity index (χ0) is 19.9. The molecule has 3 rings (SSSR count). The second kappa shape index (κ2) is 8.31. The van der Waals surface area contributed by atoms with Crippen LogP contribution in [0.1, 0.15) is 31.8 Å². The van der Waals surface area contributed by atoms with Crippen LogP contribution in [0.3, 0.4) is 0 Å². The molecule has 0 aliphatic rings. The average Bonchev–Trinajstić information content (AvgIpc) is 2.74. The number of nitrogens with zero attached hydrogens (tertiary/aromatic N) is 2. The lowest BCUT2D eigenvalue weighted by Crippen LogP contribution is -2.12. The summed E-state index contributed by atoms with van der Waals surface area (Å²) in [5.41, 5.74) is 0.905. The maximum atomic E-state index is 12.3. The number of ether oxygens (including phenoxy) is 2. The lowest BCUT2D eigenvalue weighted by Gasteiger charge is -2.07. The topological polar surface area (TPSA) is 100 Å². The second-order valence-electron chi connectivity index (χ2n) is 5.57. The maximum Gasteiger partial charge on any atom is 0.343 e. The van der Waals surface area contributed by atoms with Crippen molar-refractivity contribution < 1.29 is 19.1 Å². The number of para-hydroxylation sites is 2. The highest BCUT2D eigenvalue weighted by molar-refractivity contribution is 5.95. The Bertz CT molecular complexity index is 1030. The molecule has 0 atom stereocenters. The third kappa shape index (κ3) is 4.04. The van der Waals surface area contributed by atoms with Gasteiger partial charge in [0.2, 0.25) is 0 Å². The molecule has 6 nitrogen and oxygen atoms in total. The van der Waals surface area contributed by atoms with Gasteiger partial charge in [-0.2, -0.15) is 10.5 Å². The molecule has 0 aliphatic carbocycles. The zero-order valence-corrected chi connectivity index (χ0v) is 14.5. The van der Waals surface area contributed by atoms with Crippen molar-refractivity contribution >= 4 is 11.9 Å². The summed E-state index contributed by atoms with van der Waals surface area (Å²) in [7, 11) is 0. The van der Waals surface area contributed by atoms with Gasteiger partial charge in [0.25, 0.3) is 0 Å². The van der Waals surface area contributed by atoms with Crippen LogP contribution < -0.4 is 9.47 Å². The fourth-order valence-electron chi connectivity index (χ4n) is 2.36. The molecule has 0 heterocycles. The van der Waals surface area contributed by atoms with Gasteiger partial charge in [0.05, 0.1) is 22.3 Å². The predicted octanol–water partition coefficient (Wildman–Crippen LogP) is 3.87. The molecule has 134 valence electrons. The van der Waals surface area contributed by atoms with E-state index in [1.165, 1.54) is 36.4 Å². The minimum absolute atomic E-state index is 0.159. The molecule has 0 amide bonds. The van der Waals surface area contributed by atoms with Crippen LogP contribution in [0.2, 0.25) is 0 Å². The number of carbonyl (C=O) groups excluding carboxylic acids is 2. The first-order valence-electron chi connectivity index (χ1n) is 8.15. The van der Waals surface area contributed by atoms with Crippen molar-refractivity contribution in [2.75, 3.05) is 0 Å². The van der Waals surface area contributed by atoms with Crippen molar-refractivity contribution in [3.8, 4) is 23.6 Å². The molecule has 0 fully saturated rings. The highest BCUT2D eigenvalue weighted by Gasteiger charge is 2.15. The standard InChI is InChI=1S/C22H12N2O4/c23-13-17-5-1-3-7-19(17)27-21(25)15-9-11-16(12-10-15)22(26)28-20-8-4-2-6-18(20)14-24/h1-12H. The molecule has 0 aliphatic heterocycles. The number of benzene rings is 3. The van der Waals surface area contributed by atoms with Crippen LogP contribution in [0.5, 0.6) is 11.5 Å². The van der Waals surface area contributed by atoms with Crippen molar-refractivity contribution in [1.82, 2.24) is 0 Å². The number of rotatable bonds is 4. The predicted molar refractivity (Wildman–Crippen MR) is 98.7 cm³/mol. The molecule has 3 aromatic carbocycles. The Kier molecular flexibility index (Phi) is 5.45. The Morgan fingerprint density at radius 3 is 1.32 bits per heavy atom. The van der Waals surface area contributed by atoms with Crippen LogP contribution in [0.25, 0.3) is 0 Å². The van der Waals surface area contributed by atoms with Crippen LogP contribution >= 0.6 is 0 Å². The van der Waals surface area contributed by atoms with Crippen LogP contribution in [0.4, 0.5) is 0 Å². The van der Waals surface area contributed by atoms with Crippen molar-refractivity contribution in [2.45, 2.75) is 0 Å². The van der Waals surface area contributed by atoms with Crippen molar-refractivity contribution in [1.29, 1.82) is 10.5 Å². The van der Waals surface area contributed by atoms with Crippen LogP contribution in [0, 0.1) is 22.7 Å². The maximum absolute atomic E-state index is 12.3. The van der Waals surface area contributed by atoms with E-state index >= 15 is 0 Å². The van der Waals surface area contributed by atoms with Gasteiger partial charge >= 0.3 is 11.9 Å². The fraction of sp³-hybridized carbons (Fsp3) is 0. The normalized spacial score (nSPS) is 9.64. The molecule has 28 heavy (non-hydrogen) atoms. The molecule has 0 spiro atoms. The summed E-state index contributed by atoms with van der Waals surface area (Å²) in [6, 6.07) is 22.4. The van der Waals surface area contributed by atoms with Crippen molar-refractivity contribution in [3.63, 3.8) is 0 Å². The molecule has 0 unspecified atom stereocenters. The van der Waals surface area contributed by atoms with Gasteiger partial charge in [-0.15, -0.1) is 0 Å². The Hall–Kier alpha value is -4.42. The minimum Gasteiger partial charge on any atom is -0.422 e. The van der Waals surface area contributed by atoms with Gasteiger partial charge in [-0.3, -0.25) is 0 Å².